The van der Waals surface area contributed by atoms with Crippen molar-refractivity contribution in [2.45, 2.75) is 18.6 Å². The molecule has 0 aromatic heterocycles. The van der Waals surface area contributed by atoms with E-state index in [1.807, 2.05) is 0 Å². The molecule has 4 N–H and O–H groups in total. The number of carbonyl (C=O) groups excluding carboxylic acids is 1. The van der Waals surface area contributed by atoms with Gasteiger partial charge in [-0.15, -0.1) is 0 Å². The third-order valence-corrected chi connectivity index (χ3v) is 2.57. The number of nitrogens with two attached hydrogens (primary N) is 1. The Kier molecular flexibility index (Phi) is 4.55. The fourth-order valence-corrected chi connectivity index (χ4v) is 1.75. The standard InChI is InChI=1S/C10H10BrF2NO3/c11-4-1-5(12)9(6(13)2-4)10(17)7(15)3-8(14)16/h1-2,7,10,15,17H,3H2,(H2,14,16). The van der Waals surface area contributed by atoms with Crippen LogP contribution in [-0.2, 0) is 4.79 Å². The summed E-state index contributed by atoms with van der Waals surface area (Å²) >= 11 is 2.88. The summed E-state index contributed by atoms with van der Waals surface area (Å²) in [6, 6.07) is 1.89. The van der Waals surface area contributed by atoms with Crippen LogP contribution in [-0.4, -0.2) is 22.2 Å². The quantitative estimate of drug-likeness (QED) is 0.776. The molecule has 0 spiro atoms. The molecule has 94 valence electrons. The number of halogens is 3. The normalized spacial score (nSPS) is 14.4. The monoisotopic (exact) mass is 309 g/mol. The minimum atomic E-state index is -1.85. The molecule has 0 bridgehead atoms. The second-order valence-electron chi connectivity index (χ2n) is 3.47. The molecule has 0 radical (unpaired) electrons. The van der Waals surface area contributed by atoms with Gasteiger partial charge in [-0.25, -0.2) is 8.78 Å². The molecule has 2 unspecified atom stereocenters. The molecule has 1 amide bonds. The minimum absolute atomic E-state index is 0.160. The van der Waals surface area contributed by atoms with Crippen LogP contribution in [0, 0.1) is 11.6 Å². The molecular formula is C10H10BrF2NO3. The van der Waals surface area contributed by atoms with Crippen molar-refractivity contribution in [3.8, 4) is 0 Å². The van der Waals surface area contributed by atoms with Gasteiger partial charge in [0.2, 0.25) is 5.91 Å². The SMILES string of the molecule is NC(=O)CC(O)C(O)c1c(F)cc(Br)cc1F. The average Bonchev–Trinajstić information content (AvgIpc) is 2.14. The van der Waals surface area contributed by atoms with Crippen molar-refractivity contribution in [1.29, 1.82) is 0 Å². The first kappa shape index (κ1) is 14.0. The Labute approximate surface area is 104 Å². The van der Waals surface area contributed by atoms with E-state index in [1.54, 1.807) is 0 Å². The van der Waals surface area contributed by atoms with Gasteiger partial charge >= 0.3 is 0 Å². The van der Waals surface area contributed by atoms with Crippen molar-refractivity contribution in [2.75, 3.05) is 0 Å². The van der Waals surface area contributed by atoms with E-state index in [1.165, 1.54) is 0 Å². The zero-order valence-corrected chi connectivity index (χ0v) is 10.1. The lowest BCUT2D eigenvalue weighted by molar-refractivity contribution is -0.121. The van der Waals surface area contributed by atoms with E-state index in [4.69, 9.17) is 5.73 Å². The van der Waals surface area contributed by atoms with Crippen LogP contribution in [0.1, 0.15) is 18.1 Å². The molecule has 2 atom stereocenters. The maximum Gasteiger partial charge on any atom is 0.220 e. The lowest BCUT2D eigenvalue weighted by Gasteiger charge is -2.18. The maximum absolute atomic E-state index is 13.4. The Morgan fingerprint density at radius 1 is 1.35 bits per heavy atom. The summed E-state index contributed by atoms with van der Waals surface area (Å²) < 4.78 is 27.0. The Hall–Kier alpha value is -1.05. The van der Waals surface area contributed by atoms with E-state index in [0.29, 0.717) is 0 Å². The van der Waals surface area contributed by atoms with E-state index < -0.39 is 41.7 Å². The number of hydrogen-bond acceptors (Lipinski definition) is 3. The number of benzene rings is 1. The summed E-state index contributed by atoms with van der Waals surface area (Å²) in [5.41, 5.74) is 4.11. The Bertz CT molecular complexity index is 419. The Morgan fingerprint density at radius 2 is 1.82 bits per heavy atom. The van der Waals surface area contributed by atoms with Crippen LogP contribution in [0.5, 0.6) is 0 Å². The predicted octanol–water partition coefficient (Wildman–Crippen LogP) is 0.997. The largest absolute Gasteiger partial charge is 0.390 e. The Morgan fingerprint density at radius 3 is 2.24 bits per heavy atom. The third-order valence-electron chi connectivity index (χ3n) is 2.11. The fourth-order valence-electron chi connectivity index (χ4n) is 1.35. The smallest absolute Gasteiger partial charge is 0.220 e. The van der Waals surface area contributed by atoms with E-state index >= 15 is 0 Å². The zero-order valence-electron chi connectivity index (χ0n) is 8.53. The topological polar surface area (TPSA) is 83.6 Å². The van der Waals surface area contributed by atoms with Crippen molar-refractivity contribution in [2.24, 2.45) is 5.73 Å². The van der Waals surface area contributed by atoms with Gasteiger partial charge in [0.25, 0.3) is 0 Å². The van der Waals surface area contributed by atoms with Crippen LogP contribution >= 0.6 is 15.9 Å². The highest BCUT2D eigenvalue weighted by molar-refractivity contribution is 9.10. The van der Waals surface area contributed by atoms with Gasteiger partial charge in [0, 0.05) is 4.47 Å². The van der Waals surface area contributed by atoms with Gasteiger partial charge in [-0.3, -0.25) is 4.79 Å². The van der Waals surface area contributed by atoms with Crippen molar-refractivity contribution in [3.63, 3.8) is 0 Å². The maximum atomic E-state index is 13.4. The summed E-state index contributed by atoms with van der Waals surface area (Å²) in [6.07, 6.45) is -4.09. The van der Waals surface area contributed by atoms with E-state index in [-0.39, 0.29) is 4.47 Å². The molecule has 7 heteroatoms. The van der Waals surface area contributed by atoms with Crippen LogP contribution in [0.4, 0.5) is 8.78 Å². The lowest BCUT2D eigenvalue weighted by atomic mass is 10.0. The van der Waals surface area contributed by atoms with Crippen molar-refractivity contribution < 1.29 is 23.8 Å². The second kappa shape index (κ2) is 5.52. The molecule has 0 aliphatic carbocycles. The first-order valence-corrected chi connectivity index (χ1v) is 5.41. The molecule has 17 heavy (non-hydrogen) atoms. The van der Waals surface area contributed by atoms with Crippen molar-refractivity contribution in [3.05, 3.63) is 33.8 Å². The number of aliphatic hydroxyl groups excluding tert-OH is 2. The molecule has 0 saturated carbocycles. The van der Waals surface area contributed by atoms with Crippen LogP contribution in [0.15, 0.2) is 16.6 Å². The number of carbonyl (C=O) groups is 1. The molecule has 4 nitrogen and oxygen atoms in total. The van der Waals surface area contributed by atoms with Crippen molar-refractivity contribution in [1.82, 2.24) is 0 Å². The molecule has 0 aliphatic heterocycles. The van der Waals surface area contributed by atoms with E-state index in [9.17, 15) is 23.8 Å². The van der Waals surface area contributed by atoms with Gasteiger partial charge < -0.3 is 15.9 Å². The zero-order chi connectivity index (χ0) is 13.2. The number of primary amides is 1. The molecule has 0 fully saturated rings. The molecule has 0 aliphatic rings. The highest BCUT2D eigenvalue weighted by atomic mass is 79.9. The van der Waals surface area contributed by atoms with Crippen LogP contribution in [0.25, 0.3) is 0 Å². The fraction of sp³-hybridized carbons (Fsp3) is 0.300. The first-order chi connectivity index (χ1) is 7.82. The molecule has 1 aromatic carbocycles. The van der Waals surface area contributed by atoms with Gasteiger partial charge in [0.1, 0.15) is 17.7 Å². The molecule has 0 saturated heterocycles. The average molecular weight is 310 g/mol. The highest BCUT2D eigenvalue weighted by Crippen LogP contribution is 2.27. The minimum Gasteiger partial charge on any atom is -0.390 e. The summed E-state index contributed by atoms with van der Waals surface area (Å²) in [7, 11) is 0. The van der Waals surface area contributed by atoms with Gasteiger partial charge in [0.15, 0.2) is 0 Å². The van der Waals surface area contributed by atoms with Gasteiger partial charge in [0.05, 0.1) is 18.1 Å². The van der Waals surface area contributed by atoms with Crippen LogP contribution < -0.4 is 5.73 Å². The van der Waals surface area contributed by atoms with E-state index in [2.05, 4.69) is 15.9 Å². The highest BCUT2D eigenvalue weighted by Gasteiger charge is 2.26. The predicted molar refractivity (Wildman–Crippen MR) is 58.8 cm³/mol. The molecule has 1 rings (SSSR count). The van der Waals surface area contributed by atoms with Gasteiger partial charge in [-0.05, 0) is 12.1 Å². The lowest BCUT2D eigenvalue weighted by Crippen LogP contribution is -2.26. The van der Waals surface area contributed by atoms with Gasteiger partial charge in [-0.1, -0.05) is 15.9 Å². The first-order valence-electron chi connectivity index (χ1n) is 4.61. The Balaban J connectivity index is 3.03. The number of amides is 1. The number of hydrogen-bond donors (Lipinski definition) is 3. The van der Waals surface area contributed by atoms with Crippen LogP contribution in [0.2, 0.25) is 0 Å². The molecular weight excluding hydrogens is 300 g/mol. The third kappa shape index (κ3) is 3.45. The second-order valence-corrected chi connectivity index (χ2v) is 4.38. The van der Waals surface area contributed by atoms with Crippen LogP contribution in [0.3, 0.4) is 0 Å². The molecule has 1 aromatic rings. The summed E-state index contributed by atoms with van der Waals surface area (Å²) in [4.78, 5) is 10.5. The summed E-state index contributed by atoms with van der Waals surface area (Å²) in [6.45, 7) is 0. The number of aliphatic hydroxyl groups is 2. The molecule has 0 heterocycles. The van der Waals surface area contributed by atoms with Gasteiger partial charge in [-0.2, -0.15) is 0 Å². The summed E-state index contributed by atoms with van der Waals surface area (Å²) in [5.74, 6) is -2.92. The van der Waals surface area contributed by atoms with E-state index in [0.717, 1.165) is 12.1 Å². The summed E-state index contributed by atoms with van der Waals surface area (Å²) in [5, 5.41) is 18.9. The number of rotatable bonds is 4. The van der Waals surface area contributed by atoms with Crippen molar-refractivity contribution >= 4 is 21.8 Å².